The van der Waals surface area contributed by atoms with E-state index in [0.29, 0.717) is 23.0 Å². The van der Waals surface area contributed by atoms with Crippen molar-refractivity contribution in [3.63, 3.8) is 0 Å². The minimum atomic E-state index is -0.303. The lowest BCUT2D eigenvalue weighted by molar-refractivity contribution is 0.101. The third kappa shape index (κ3) is 2.34. The number of benzene rings is 2. The van der Waals surface area contributed by atoms with E-state index in [4.69, 9.17) is 16.3 Å². The van der Waals surface area contributed by atoms with Crippen molar-refractivity contribution in [3.05, 3.63) is 64.8 Å². The molecule has 2 aromatic carbocycles. The summed E-state index contributed by atoms with van der Waals surface area (Å²) in [6, 6.07) is 14.8. The van der Waals surface area contributed by atoms with Crippen molar-refractivity contribution in [2.24, 2.45) is 7.05 Å². The minimum Gasteiger partial charge on any atom is -0.488 e. The molecule has 0 saturated carbocycles. The summed E-state index contributed by atoms with van der Waals surface area (Å²) in [5.74, 6) is 0.494. The van der Waals surface area contributed by atoms with Crippen LogP contribution in [0.5, 0.6) is 5.75 Å². The van der Waals surface area contributed by atoms with Gasteiger partial charge in [0.25, 0.3) is 5.91 Å². The third-order valence-electron chi connectivity index (χ3n) is 4.00. The van der Waals surface area contributed by atoms with E-state index in [-0.39, 0.29) is 5.91 Å². The molecule has 0 unspecified atom stereocenters. The first-order valence-corrected chi connectivity index (χ1v) is 7.87. The summed E-state index contributed by atoms with van der Waals surface area (Å²) in [5, 5.41) is 7.69. The van der Waals surface area contributed by atoms with Crippen LogP contribution in [0.2, 0.25) is 5.02 Å². The number of anilines is 1. The predicted molar refractivity (Wildman–Crippen MR) is 92.4 cm³/mol. The summed E-state index contributed by atoms with van der Waals surface area (Å²) in [5.41, 5.74) is 3.52. The van der Waals surface area contributed by atoms with Crippen molar-refractivity contribution in [3.8, 4) is 17.0 Å². The first kappa shape index (κ1) is 14.8. The van der Waals surface area contributed by atoms with E-state index in [1.807, 2.05) is 43.4 Å². The van der Waals surface area contributed by atoms with Crippen LogP contribution in [0.25, 0.3) is 11.3 Å². The molecule has 0 atom stereocenters. The Kier molecular flexibility index (Phi) is 3.50. The Labute approximate surface area is 143 Å². The van der Waals surface area contributed by atoms with E-state index in [2.05, 4.69) is 10.4 Å². The van der Waals surface area contributed by atoms with Gasteiger partial charge in [-0.25, -0.2) is 0 Å². The average Bonchev–Trinajstić information content (AvgIpc) is 2.94. The van der Waals surface area contributed by atoms with Crippen molar-refractivity contribution in [2.75, 3.05) is 5.32 Å². The zero-order valence-electron chi connectivity index (χ0n) is 12.9. The van der Waals surface area contributed by atoms with Crippen LogP contribution in [0, 0.1) is 0 Å². The number of aromatic nitrogens is 2. The molecule has 6 heteroatoms. The molecule has 0 fully saturated rings. The van der Waals surface area contributed by atoms with Crippen molar-refractivity contribution in [2.45, 2.75) is 6.61 Å². The van der Waals surface area contributed by atoms with Crippen molar-refractivity contribution < 1.29 is 9.53 Å². The van der Waals surface area contributed by atoms with Crippen molar-refractivity contribution >= 4 is 23.2 Å². The Bertz CT molecular complexity index is 949. The normalized spacial score (nSPS) is 12.1. The van der Waals surface area contributed by atoms with Gasteiger partial charge in [0.1, 0.15) is 12.4 Å². The van der Waals surface area contributed by atoms with Crippen LogP contribution in [0.1, 0.15) is 16.1 Å². The summed E-state index contributed by atoms with van der Waals surface area (Å²) in [6.07, 6.45) is 0. The molecule has 5 nitrogen and oxygen atoms in total. The molecule has 1 aliphatic rings. The van der Waals surface area contributed by atoms with Crippen molar-refractivity contribution in [1.29, 1.82) is 0 Å². The van der Waals surface area contributed by atoms with Gasteiger partial charge in [-0.3, -0.25) is 9.48 Å². The fourth-order valence-corrected chi connectivity index (χ4v) is 3.09. The molecule has 1 amide bonds. The highest BCUT2D eigenvalue weighted by molar-refractivity contribution is 6.33. The molecule has 1 aliphatic heterocycles. The Morgan fingerprint density at radius 3 is 2.79 bits per heavy atom. The van der Waals surface area contributed by atoms with E-state index in [0.717, 1.165) is 22.6 Å². The van der Waals surface area contributed by atoms with E-state index >= 15 is 0 Å². The molecule has 0 aliphatic carbocycles. The molecule has 24 heavy (non-hydrogen) atoms. The SMILES string of the molecule is Cn1nc(C(=O)Nc2ccccc2Cl)c2c1-c1ccccc1OC2. The second-order valence-electron chi connectivity index (χ2n) is 5.52. The number of nitrogens with zero attached hydrogens (tertiary/aromatic N) is 2. The van der Waals surface area contributed by atoms with Gasteiger partial charge >= 0.3 is 0 Å². The number of fused-ring (bicyclic) bond motifs is 3. The molecule has 0 bridgehead atoms. The number of hydrogen-bond donors (Lipinski definition) is 1. The molecule has 120 valence electrons. The van der Waals surface area contributed by atoms with Gasteiger partial charge in [-0.05, 0) is 24.3 Å². The first-order chi connectivity index (χ1) is 11.6. The Morgan fingerprint density at radius 2 is 1.96 bits per heavy atom. The summed E-state index contributed by atoms with van der Waals surface area (Å²) in [4.78, 5) is 12.7. The molecule has 3 aromatic rings. The van der Waals surface area contributed by atoms with E-state index < -0.39 is 0 Å². The summed E-state index contributed by atoms with van der Waals surface area (Å²) in [7, 11) is 1.83. The monoisotopic (exact) mass is 339 g/mol. The quantitative estimate of drug-likeness (QED) is 0.770. The number of ether oxygens (including phenoxy) is 1. The van der Waals surface area contributed by atoms with Gasteiger partial charge in [0, 0.05) is 18.2 Å². The number of aryl methyl sites for hydroxylation is 1. The zero-order valence-corrected chi connectivity index (χ0v) is 13.7. The van der Waals surface area contributed by atoms with Gasteiger partial charge < -0.3 is 10.1 Å². The topological polar surface area (TPSA) is 56.2 Å². The molecule has 1 aromatic heterocycles. The maximum absolute atomic E-state index is 12.7. The number of hydrogen-bond acceptors (Lipinski definition) is 3. The number of amides is 1. The average molecular weight is 340 g/mol. The number of para-hydroxylation sites is 2. The lowest BCUT2D eigenvalue weighted by Crippen LogP contribution is -2.16. The van der Waals surface area contributed by atoms with E-state index in [1.165, 1.54) is 0 Å². The Hall–Kier alpha value is -2.79. The van der Waals surface area contributed by atoms with Gasteiger partial charge in [0.2, 0.25) is 0 Å². The number of nitrogens with one attached hydrogen (secondary N) is 1. The van der Waals surface area contributed by atoms with E-state index in [9.17, 15) is 4.79 Å². The highest BCUT2D eigenvalue weighted by atomic mass is 35.5. The Morgan fingerprint density at radius 1 is 1.21 bits per heavy atom. The molecule has 0 spiro atoms. The molecule has 1 N–H and O–H groups in total. The maximum Gasteiger partial charge on any atom is 0.276 e. The lowest BCUT2D eigenvalue weighted by Gasteiger charge is -2.18. The van der Waals surface area contributed by atoms with Crippen LogP contribution in [0.3, 0.4) is 0 Å². The van der Waals surface area contributed by atoms with Crippen LogP contribution >= 0.6 is 11.6 Å². The summed E-state index contributed by atoms with van der Waals surface area (Å²) >= 11 is 6.11. The third-order valence-corrected chi connectivity index (χ3v) is 4.33. The van der Waals surface area contributed by atoms with Gasteiger partial charge in [-0.2, -0.15) is 5.10 Å². The van der Waals surface area contributed by atoms with Crippen LogP contribution < -0.4 is 10.1 Å². The number of carbonyl (C=O) groups is 1. The van der Waals surface area contributed by atoms with Crippen molar-refractivity contribution in [1.82, 2.24) is 9.78 Å². The Balaban J connectivity index is 1.74. The number of rotatable bonds is 2. The molecule has 4 rings (SSSR count). The molecule has 0 radical (unpaired) electrons. The highest BCUT2D eigenvalue weighted by Gasteiger charge is 2.28. The number of carbonyl (C=O) groups excluding carboxylic acids is 1. The first-order valence-electron chi connectivity index (χ1n) is 7.49. The molecule has 2 heterocycles. The van der Waals surface area contributed by atoms with Gasteiger partial charge in [-0.1, -0.05) is 35.9 Å². The molecular formula is C18H14ClN3O2. The predicted octanol–water partition coefficient (Wildman–Crippen LogP) is 3.89. The fourth-order valence-electron chi connectivity index (χ4n) is 2.91. The molecule has 0 saturated heterocycles. The summed E-state index contributed by atoms with van der Waals surface area (Å²) in [6.45, 7) is 0.311. The largest absolute Gasteiger partial charge is 0.488 e. The second kappa shape index (κ2) is 5.69. The second-order valence-corrected chi connectivity index (χ2v) is 5.93. The minimum absolute atomic E-state index is 0.303. The smallest absolute Gasteiger partial charge is 0.276 e. The standard InChI is InChI=1S/C18H14ClN3O2/c1-22-17-11-6-2-5-9-15(11)24-10-12(17)16(21-22)18(23)20-14-8-4-3-7-13(14)19/h2-9H,10H2,1H3,(H,20,23). The van der Waals surface area contributed by atoms with Crippen LogP contribution in [0.15, 0.2) is 48.5 Å². The highest BCUT2D eigenvalue weighted by Crippen LogP contribution is 2.38. The zero-order chi connectivity index (χ0) is 16.7. The number of halogens is 1. The van der Waals surface area contributed by atoms with Crippen LogP contribution in [-0.2, 0) is 13.7 Å². The fraction of sp³-hybridized carbons (Fsp3) is 0.111. The van der Waals surface area contributed by atoms with Gasteiger partial charge in [-0.15, -0.1) is 0 Å². The summed E-state index contributed by atoms with van der Waals surface area (Å²) < 4.78 is 7.49. The van der Waals surface area contributed by atoms with Gasteiger partial charge in [0.05, 0.1) is 16.4 Å². The lowest BCUT2D eigenvalue weighted by atomic mass is 10.0. The van der Waals surface area contributed by atoms with E-state index in [1.54, 1.807) is 16.8 Å². The van der Waals surface area contributed by atoms with Crippen LogP contribution in [-0.4, -0.2) is 15.7 Å². The molecular weight excluding hydrogens is 326 g/mol. The van der Waals surface area contributed by atoms with Crippen LogP contribution in [0.4, 0.5) is 5.69 Å². The van der Waals surface area contributed by atoms with Gasteiger partial charge in [0.15, 0.2) is 5.69 Å². The maximum atomic E-state index is 12.7.